The first-order valence-electron chi connectivity index (χ1n) is 9.62. The van der Waals surface area contributed by atoms with Gasteiger partial charge in [-0.05, 0) is 55.9 Å². The van der Waals surface area contributed by atoms with Gasteiger partial charge in [0.25, 0.3) is 5.91 Å². The van der Waals surface area contributed by atoms with Crippen LogP contribution in [0, 0.1) is 13.8 Å². The largest absolute Gasteiger partial charge is 0.427 e. The van der Waals surface area contributed by atoms with Crippen molar-refractivity contribution in [3.63, 3.8) is 0 Å². The van der Waals surface area contributed by atoms with Crippen molar-refractivity contribution in [3.05, 3.63) is 63.2 Å². The van der Waals surface area contributed by atoms with Crippen molar-refractivity contribution in [2.24, 2.45) is 0 Å². The minimum Gasteiger partial charge on any atom is -0.427 e. The number of hydrogen-bond acceptors (Lipinski definition) is 4. The van der Waals surface area contributed by atoms with Gasteiger partial charge in [0.15, 0.2) is 0 Å². The summed E-state index contributed by atoms with van der Waals surface area (Å²) >= 11 is 0. The van der Waals surface area contributed by atoms with Gasteiger partial charge in [-0.15, -0.1) is 0 Å². The molecule has 1 aromatic carbocycles. The summed E-state index contributed by atoms with van der Waals surface area (Å²) in [6.07, 6.45) is 1.97. The molecule has 1 fully saturated rings. The van der Waals surface area contributed by atoms with E-state index in [1.165, 1.54) is 11.6 Å². The molecule has 1 N–H and O–H groups in total. The number of likely N-dealkylation sites (tertiary alicyclic amines) is 1. The molecule has 1 aromatic heterocycles. The fourth-order valence-corrected chi connectivity index (χ4v) is 3.71. The zero-order valence-electron chi connectivity index (χ0n) is 16.5. The van der Waals surface area contributed by atoms with E-state index in [0.29, 0.717) is 29.3 Å². The number of carbonyl (C=O) groups is 1. The molecule has 0 saturated carbocycles. The number of nitrogens with zero attached hydrogens (tertiary/aromatic N) is 1. The second kappa shape index (κ2) is 7.99. The van der Waals surface area contributed by atoms with E-state index >= 15 is 0 Å². The normalized spacial score (nSPS) is 17.2. The Morgan fingerprint density at radius 3 is 2.56 bits per heavy atom. The molecule has 0 radical (unpaired) electrons. The Bertz CT molecular complexity index is 842. The summed E-state index contributed by atoms with van der Waals surface area (Å²) in [5, 5.41) is 3.55. The number of aryl methyl sites for hydroxylation is 2. The molecule has 5 heteroatoms. The van der Waals surface area contributed by atoms with Crippen LogP contribution in [0.5, 0.6) is 0 Å². The zero-order valence-corrected chi connectivity index (χ0v) is 16.5. The molecule has 2 aromatic rings. The molecule has 0 spiro atoms. The fraction of sp³-hybridized carbons (Fsp3) is 0.455. The lowest BCUT2D eigenvalue weighted by molar-refractivity contribution is 0.0710. The number of nitrogens with one attached hydrogen (secondary N) is 1. The topological polar surface area (TPSA) is 62.6 Å². The molecule has 1 unspecified atom stereocenters. The van der Waals surface area contributed by atoms with E-state index in [2.05, 4.69) is 43.4 Å². The second-order valence-electron chi connectivity index (χ2n) is 7.69. The predicted octanol–water partition coefficient (Wildman–Crippen LogP) is 4.10. The molecule has 1 saturated heterocycles. The molecule has 2 heterocycles. The van der Waals surface area contributed by atoms with Crippen molar-refractivity contribution >= 4 is 11.6 Å². The van der Waals surface area contributed by atoms with Gasteiger partial charge in [0.2, 0.25) is 0 Å². The van der Waals surface area contributed by atoms with Gasteiger partial charge in [-0.2, -0.15) is 0 Å². The molecular formula is C22H28N2O3. The first kappa shape index (κ1) is 19.2. The molecule has 0 bridgehead atoms. The fourth-order valence-electron chi connectivity index (χ4n) is 3.71. The van der Waals surface area contributed by atoms with Crippen LogP contribution < -0.4 is 10.9 Å². The van der Waals surface area contributed by atoms with Crippen molar-refractivity contribution in [2.75, 3.05) is 18.4 Å². The summed E-state index contributed by atoms with van der Waals surface area (Å²) in [5.74, 6) is 0.846. The Balaban J connectivity index is 1.70. The van der Waals surface area contributed by atoms with E-state index in [0.717, 1.165) is 25.1 Å². The van der Waals surface area contributed by atoms with Crippen LogP contribution >= 0.6 is 0 Å². The van der Waals surface area contributed by atoms with Gasteiger partial charge in [0.1, 0.15) is 5.76 Å². The van der Waals surface area contributed by atoms with E-state index in [-0.39, 0.29) is 11.9 Å². The minimum atomic E-state index is -0.412. The van der Waals surface area contributed by atoms with Crippen molar-refractivity contribution in [1.29, 1.82) is 0 Å². The van der Waals surface area contributed by atoms with Crippen LogP contribution in [0.15, 0.2) is 39.5 Å². The molecule has 1 atom stereocenters. The average Bonchev–Trinajstić information content (AvgIpc) is 2.61. The first-order valence-corrected chi connectivity index (χ1v) is 9.62. The lowest BCUT2D eigenvalue weighted by Crippen LogP contribution is -2.45. The van der Waals surface area contributed by atoms with E-state index in [1.807, 2.05) is 4.90 Å². The Morgan fingerprint density at radius 1 is 1.22 bits per heavy atom. The Morgan fingerprint density at radius 2 is 1.93 bits per heavy atom. The summed E-state index contributed by atoms with van der Waals surface area (Å²) in [5.41, 5.74) is 3.17. The van der Waals surface area contributed by atoms with Gasteiger partial charge in [-0.1, -0.05) is 26.0 Å². The second-order valence-corrected chi connectivity index (χ2v) is 7.69. The SMILES string of the molecule is Cc1cc(=O)oc(C)c1C(=O)N1CCCC(Nc2ccc(C(C)C)cc2)C1. The van der Waals surface area contributed by atoms with Gasteiger partial charge < -0.3 is 14.6 Å². The third-order valence-corrected chi connectivity index (χ3v) is 5.21. The van der Waals surface area contributed by atoms with Crippen LogP contribution in [-0.2, 0) is 0 Å². The van der Waals surface area contributed by atoms with Gasteiger partial charge in [0.05, 0.1) is 5.56 Å². The van der Waals surface area contributed by atoms with Gasteiger partial charge in [0, 0.05) is 30.9 Å². The van der Waals surface area contributed by atoms with Gasteiger partial charge >= 0.3 is 5.63 Å². The minimum absolute atomic E-state index is 0.0598. The van der Waals surface area contributed by atoms with E-state index in [4.69, 9.17) is 4.42 Å². The van der Waals surface area contributed by atoms with Crippen molar-refractivity contribution in [1.82, 2.24) is 4.90 Å². The highest BCUT2D eigenvalue weighted by Gasteiger charge is 2.27. The molecule has 5 nitrogen and oxygen atoms in total. The molecule has 27 heavy (non-hydrogen) atoms. The number of benzene rings is 1. The maximum atomic E-state index is 13.0. The third kappa shape index (κ3) is 4.41. The summed E-state index contributed by atoms with van der Waals surface area (Å²) < 4.78 is 5.14. The summed E-state index contributed by atoms with van der Waals surface area (Å²) in [7, 11) is 0. The average molecular weight is 368 g/mol. The van der Waals surface area contributed by atoms with E-state index in [1.54, 1.807) is 13.8 Å². The predicted molar refractivity (Wildman–Crippen MR) is 108 cm³/mol. The van der Waals surface area contributed by atoms with Crippen LogP contribution in [0.2, 0.25) is 0 Å². The number of piperidine rings is 1. The number of rotatable bonds is 4. The van der Waals surface area contributed by atoms with Crippen molar-refractivity contribution in [2.45, 2.75) is 52.5 Å². The van der Waals surface area contributed by atoms with Crippen molar-refractivity contribution < 1.29 is 9.21 Å². The highest BCUT2D eigenvalue weighted by atomic mass is 16.4. The number of carbonyl (C=O) groups excluding carboxylic acids is 1. The quantitative estimate of drug-likeness (QED) is 0.883. The Hall–Kier alpha value is -2.56. The smallest absolute Gasteiger partial charge is 0.336 e. The number of hydrogen-bond donors (Lipinski definition) is 1. The molecule has 1 aliphatic rings. The Labute approximate surface area is 160 Å². The van der Waals surface area contributed by atoms with Crippen LogP contribution in [0.4, 0.5) is 5.69 Å². The van der Waals surface area contributed by atoms with Crippen LogP contribution in [0.25, 0.3) is 0 Å². The Kier molecular flexibility index (Phi) is 5.68. The molecule has 1 aliphatic heterocycles. The summed E-state index contributed by atoms with van der Waals surface area (Å²) in [6, 6.07) is 10.1. The van der Waals surface area contributed by atoms with Crippen LogP contribution in [0.1, 0.15) is 59.9 Å². The number of anilines is 1. The third-order valence-electron chi connectivity index (χ3n) is 5.21. The van der Waals surface area contributed by atoms with Crippen LogP contribution in [0.3, 0.4) is 0 Å². The van der Waals surface area contributed by atoms with Crippen molar-refractivity contribution in [3.8, 4) is 0 Å². The van der Waals surface area contributed by atoms with Gasteiger partial charge in [-0.3, -0.25) is 4.79 Å². The van der Waals surface area contributed by atoms with Gasteiger partial charge in [-0.25, -0.2) is 4.79 Å². The lowest BCUT2D eigenvalue weighted by atomic mass is 10.0. The van der Waals surface area contributed by atoms with Crippen LogP contribution in [-0.4, -0.2) is 29.9 Å². The first-order chi connectivity index (χ1) is 12.8. The summed E-state index contributed by atoms with van der Waals surface area (Å²) in [4.78, 5) is 26.3. The maximum absolute atomic E-state index is 13.0. The molecule has 1 amide bonds. The molecular weight excluding hydrogens is 340 g/mol. The maximum Gasteiger partial charge on any atom is 0.336 e. The van der Waals surface area contributed by atoms with E-state index in [9.17, 15) is 9.59 Å². The lowest BCUT2D eigenvalue weighted by Gasteiger charge is -2.34. The van der Waals surface area contributed by atoms with E-state index < -0.39 is 5.63 Å². The highest BCUT2D eigenvalue weighted by Crippen LogP contribution is 2.22. The standard InChI is InChI=1S/C22H28N2O3/c1-14(2)17-7-9-18(10-8-17)23-19-6-5-11-24(13-19)22(26)21-15(3)12-20(25)27-16(21)4/h7-10,12,14,19,23H,5-6,11,13H2,1-4H3. The molecule has 3 rings (SSSR count). The molecule has 144 valence electrons. The highest BCUT2D eigenvalue weighted by molar-refractivity contribution is 5.96. The zero-order chi connectivity index (χ0) is 19.6. The molecule has 0 aliphatic carbocycles. The number of amides is 1. The summed E-state index contributed by atoms with van der Waals surface area (Å²) in [6.45, 7) is 9.19. The monoisotopic (exact) mass is 368 g/mol.